The summed E-state index contributed by atoms with van der Waals surface area (Å²) in [6.07, 6.45) is 16.9. The molecule has 0 spiro atoms. The van der Waals surface area contributed by atoms with Crippen molar-refractivity contribution in [3.8, 4) is 0 Å². The van der Waals surface area contributed by atoms with Crippen molar-refractivity contribution in [2.45, 2.75) is 87.0 Å². The molecule has 0 heterocycles. The second-order valence-electron chi connectivity index (χ2n) is 9.93. The van der Waals surface area contributed by atoms with Gasteiger partial charge in [0.15, 0.2) is 0 Å². The van der Waals surface area contributed by atoms with Crippen molar-refractivity contribution < 1.29 is 0 Å². The highest BCUT2D eigenvalue weighted by Crippen LogP contribution is 2.55. The lowest BCUT2D eigenvalue weighted by molar-refractivity contribution is 0.110. The molecule has 0 radical (unpaired) electrons. The van der Waals surface area contributed by atoms with E-state index >= 15 is 0 Å². The summed E-state index contributed by atoms with van der Waals surface area (Å²) in [5.74, 6) is 2.24. The van der Waals surface area contributed by atoms with Gasteiger partial charge in [0.25, 0.3) is 0 Å². The summed E-state index contributed by atoms with van der Waals surface area (Å²) < 4.78 is 0. The zero-order valence-electron chi connectivity index (χ0n) is 18.7. The van der Waals surface area contributed by atoms with Crippen LogP contribution in [0.5, 0.6) is 0 Å². The molecular weight excluding hydrogens is 312 g/mol. The molecule has 0 aromatic heterocycles. The molecule has 1 aliphatic rings. The van der Waals surface area contributed by atoms with Gasteiger partial charge in [0.2, 0.25) is 0 Å². The van der Waals surface area contributed by atoms with Gasteiger partial charge >= 0.3 is 0 Å². The predicted octanol–water partition coefficient (Wildman–Crippen LogP) is 8.53. The first kappa shape index (κ1) is 23.0. The number of rotatable bonds is 10. The smallest absolute Gasteiger partial charge is 0.0140 e. The van der Waals surface area contributed by atoms with Crippen molar-refractivity contribution in [3.05, 3.63) is 48.6 Å². The molecule has 26 heavy (non-hydrogen) atoms. The monoisotopic (exact) mass is 356 g/mol. The summed E-state index contributed by atoms with van der Waals surface area (Å²) in [5.41, 5.74) is 3.20. The molecule has 1 aliphatic carbocycles. The Hall–Kier alpha value is -1.04. The molecule has 0 N–H and O–H groups in total. The normalized spacial score (nSPS) is 28.3. The van der Waals surface area contributed by atoms with E-state index in [9.17, 15) is 0 Å². The molecule has 0 saturated heterocycles. The van der Waals surface area contributed by atoms with Crippen LogP contribution in [0, 0.1) is 28.6 Å². The third-order valence-electron chi connectivity index (χ3n) is 6.85. The van der Waals surface area contributed by atoms with Crippen LogP contribution in [0.2, 0.25) is 0 Å². The van der Waals surface area contributed by atoms with Crippen LogP contribution in [0.15, 0.2) is 48.6 Å². The van der Waals surface area contributed by atoms with Crippen LogP contribution in [0.4, 0.5) is 0 Å². The minimum absolute atomic E-state index is 0.240. The molecule has 0 nitrogen and oxygen atoms in total. The average Bonchev–Trinajstić information content (AvgIpc) is 2.88. The number of allylic oxidation sites excluding steroid dienone is 6. The van der Waals surface area contributed by atoms with Crippen LogP contribution >= 0.6 is 0 Å². The first-order valence-electron chi connectivity index (χ1n) is 10.6. The van der Waals surface area contributed by atoms with Gasteiger partial charge in [-0.25, -0.2) is 0 Å². The molecule has 1 saturated carbocycles. The second kappa shape index (κ2) is 9.77. The van der Waals surface area contributed by atoms with Crippen molar-refractivity contribution in [3.63, 3.8) is 0 Å². The Morgan fingerprint density at radius 3 is 2.35 bits per heavy atom. The van der Waals surface area contributed by atoms with E-state index in [-0.39, 0.29) is 5.41 Å². The highest BCUT2D eigenvalue weighted by atomic mass is 14.5. The molecule has 0 heteroatoms. The van der Waals surface area contributed by atoms with E-state index in [1.54, 1.807) is 0 Å². The van der Waals surface area contributed by atoms with Gasteiger partial charge < -0.3 is 0 Å². The number of hydrogen-bond acceptors (Lipinski definition) is 0. The largest absolute Gasteiger partial charge is 0.103 e. The minimum atomic E-state index is 0.240. The molecule has 4 atom stereocenters. The SMILES string of the molecule is C=CC1CC[C@H](C(C)C)[C@@]1(C)CCC(C)(/C=C/C(=C)C)CCC=C(C)C. The predicted molar refractivity (Wildman–Crippen MR) is 119 cm³/mol. The second-order valence-corrected chi connectivity index (χ2v) is 9.93. The summed E-state index contributed by atoms with van der Waals surface area (Å²) in [5, 5.41) is 0. The summed E-state index contributed by atoms with van der Waals surface area (Å²) in [4.78, 5) is 0. The maximum absolute atomic E-state index is 4.17. The lowest BCUT2D eigenvalue weighted by Crippen LogP contribution is -2.32. The molecule has 1 rings (SSSR count). The van der Waals surface area contributed by atoms with E-state index in [2.05, 4.69) is 85.9 Å². The van der Waals surface area contributed by atoms with Gasteiger partial charge in [-0.15, -0.1) is 6.58 Å². The summed E-state index contributed by atoms with van der Waals surface area (Å²) >= 11 is 0. The Balaban J connectivity index is 2.96. The summed E-state index contributed by atoms with van der Waals surface area (Å²) in [7, 11) is 0. The molecule has 1 fully saturated rings. The van der Waals surface area contributed by atoms with Crippen molar-refractivity contribution in [1.82, 2.24) is 0 Å². The van der Waals surface area contributed by atoms with E-state index in [1.165, 1.54) is 37.7 Å². The highest BCUT2D eigenvalue weighted by Gasteiger charge is 2.46. The summed E-state index contributed by atoms with van der Waals surface area (Å²) in [6, 6.07) is 0. The lowest BCUT2D eigenvalue weighted by atomic mass is 9.64. The Morgan fingerprint density at radius 2 is 1.85 bits per heavy atom. The van der Waals surface area contributed by atoms with Crippen LogP contribution in [-0.4, -0.2) is 0 Å². The minimum Gasteiger partial charge on any atom is -0.103 e. The molecule has 0 amide bonds. The molecule has 2 unspecified atom stereocenters. The lowest BCUT2D eigenvalue weighted by Gasteiger charge is -2.41. The third-order valence-corrected chi connectivity index (χ3v) is 6.85. The Bertz CT molecular complexity index is 528. The average molecular weight is 357 g/mol. The molecule has 148 valence electrons. The van der Waals surface area contributed by atoms with Crippen molar-refractivity contribution >= 4 is 0 Å². The number of hydrogen-bond donors (Lipinski definition) is 0. The zero-order valence-corrected chi connectivity index (χ0v) is 18.7. The van der Waals surface area contributed by atoms with E-state index in [4.69, 9.17) is 0 Å². The van der Waals surface area contributed by atoms with Crippen LogP contribution in [-0.2, 0) is 0 Å². The van der Waals surface area contributed by atoms with E-state index in [0.717, 1.165) is 23.8 Å². The van der Waals surface area contributed by atoms with Crippen LogP contribution in [0.1, 0.15) is 87.0 Å². The molecular formula is C26H44. The molecule has 0 aromatic carbocycles. The fraction of sp³-hybridized carbons (Fsp3) is 0.692. The van der Waals surface area contributed by atoms with Crippen LogP contribution in [0.25, 0.3) is 0 Å². The topological polar surface area (TPSA) is 0 Å². The van der Waals surface area contributed by atoms with E-state index in [0.29, 0.717) is 11.3 Å². The fourth-order valence-corrected chi connectivity index (χ4v) is 5.03. The molecule has 0 aliphatic heterocycles. The fourth-order valence-electron chi connectivity index (χ4n) is 5.03. The van der Waals surface area contributed by atoms with Gasteiger partial charge in [-0.1, -0.05) is 69.7 Å². The van der Waals surface area contributed by atoms with Crippen molar-refractivity contribution in [2.24, 2.45) is 28.6 Å². The van der Waals surface area contributed by atoms with Gasteiger partial charge in [0, 0.05) is 0 Å². The highest BCUT2D eigenvalue weighted by molar-refractivity contribution is 5.15. The quantitative estimate of drug-likeness (QED) is 0.272. The summed E-state index contributed by atoms with van der Waals surface area (Å²) in [6.45, 7) is 24.5. The third kappa shape index (κ3) is 6.29. The van der Waals surface area contributed by atoms with Gasteiger partial charge in [0.1, 0.15) is 0 Å². The Labute approximate surface area is 164 Å². The van der Waals surface area contributed by atoms with Crippen LogP contribution < -0.4 is 0 Å². The standard InChI is InChI=1S/C26H44/c1-10-23-13-14-24(22(6)7)26(23,9)19-18-25(8,17-15-21(4)5)16-11-12-20(2)3/h10,12,15,17,22-24H,1,4,11,13-14,16,18-19H2,2-3,5-9H3/b17-15+/t23?,24-,25?,26+/m1/s1. The van der Waals surface area contributed by atoms with Gasteiger partial charge in [0.05, 0.1) is 0 Å². The first-order valence-corrected chi connectivity index (χ1v) is 10.6. The van der Waals surface area contributed by atoms with Crippen molar-refractivity contribution in [1.29, 1.82) is 0 Å². The van der Waals surface area contributed by atoms with Gasteiger partial charge in [-0.05, 0) is 87.9 Å². The zero-order chi connectivity index (χ0) is 20.0. The van der Waals surface area contributed by atoms with Crippen molar-refractivity contribution in [2.75, 3.05) is 0 Å². The molecule has 0 bridgehead atoms. The van der Waals surface area contributed by atoms with E-state index in [1.807, 2.05) is 0 Å². The van der Waals surface area contributed by atoms with Gasteiger partial charge in [-0.2, -0.15) is 0 Å². The molecule has 0 aromatic rings. The van der Waals surface area contributed by atoms with E-state index < -0.39 is 0 Å². The van der Waals surface area contributed by atoms with Crippen LogP contribution in [0.3, 0.4) is 0 Å². The maximum Gasteiger partial charge on any atom is -0.0140 e. The van der Waals surface area contributed by atoms with Gasteiger partial charge in [-0.3, -0.25) is 0 Å². The maximum atomic E-state index is 4.17. The first-order chi connectivity index (χ1) is 12.0. The Kier molecular flexibility index (Phi) is 8.64. The Morgan fingerprint density at radius 1 is 1.19 bits per heavy atom.